The Balaban J connectivity index is 0.000000160. The number of nitrogens with zero attached hydrogens (tertiary/aromatic N) is 2. The van der Waals surface area contributed by atoms with Gasteiger partial charge >= 0.3 is 0 Å². The lowest BCUT2D eigenvalue weighted by Gasteiger charge is -2.28. The summed E-state index contributed by atoms with van der Waals surface area (Å²) in [7, 11) is 4.35. The van der Waals surface area contributed by atoms with Crippen molar-refractivity contribution in [1.29, 1.82) is 0 Å². The molecule has 0 aromatic carbocycles. The van der Waals surface area contributed by atoms with Crippen LogP contribution in [0.15, 0.2) is 6.07 Å². The molecule has 1 aliphatic heterocycles. The minimum absolute atomic E-state index is 0.229. The Morgan fingerprint density at radius 3 is 2.40 bits per heavy atom. The zero-order chi connectivity index (χ0) is 14.5. The number of aryl methyl sites for hydroxylation is 1. The Hall–Kier alpha value is -1.17. The molecule has 1 aromatic heterocycles. The van der Waals surface area contributed by atoms with Crippen LogP contribution in [0.25, 0.3) is 0 Å². The van der Waals surface area contributed by atoms with Gasteiger partial charge in [0.2, 0.25) is 0 Å². The van der Waals surface area contributed by atoms with Crippen LogP contribution in [0.3, 0.4) is 0 Å². The number of likely N-dealkylation sites (N-methyl/N-ethyl adjacent to an activating group) is 2. The molecular weight excluding hydrogens is 254 g/mol. The van der Waals surface area contributed by atoms with Gasteiger partial charge in [-0.15, -0.1) is 0 Å². The molecule has 0 spiro atoms. The first-order chi connectivity index (χ1) is 9.58. The Kier molecular flexibility index (Phi) is 5.34. The number of aldehydes is 1. The predicted molar refractivity (Wildman–Crippen MR) is 79.2 cm³/mol. The van der Waals surface area contributed by atoms with Crippen molar-refractivity contribution in [2.24, 2.45) is 0 Å². The molecule has 0 radical (unpaired) electrons. The van der Waals surface area contributed by atoms with Crippen LogP contribution in [0.5, 0.6) is 0 Å². The molecule has 5 nitrogen and oxygen atoms in total. The molecule has 2 heterocycles. The number of carbonyl (C=O) groups is 1. The van der Waals surface area contributed by atoms with Gasteiger partial charge in [-0.1, -0.05) is 0 Å². The molecule has 1 aliphatic carbocycles. The maximum atomic E-state index is 10.4. The van der Waals surface area contributed by atoms with Gasteiger partial charge in [-0.05, 0) is 38.6 Å². The van der Waals surface area contributed by atoms with Gasteiger partial charge in [0.25, 0.3) is 0 Å². The lowest BCUT2D eigenvalue weighted by Crippen LogP contribution is -2.42. The highest BCUT2D eigenvalue weighted by Gasteiger charge is 2.18. The van der Waals surface area contributed by atoms with E-state index < -0.39 is 0 Å². The minimum atomic E-state index is -0.229. The molecule has 1 unspecified atom stereocenters. The minimum Gasteiger partial charge on any atom is -0.393 e. The number of aromatic nitrogens is 1. The van der Waals surface area contributed by atoms with E-state index in [1.165, 1.54) is 26.2 Å². The van der Waals surface area contributed by atoms with Crippen LogP contribution in [-0.4, -0.2) is 72.6 Å². The largest absolute Gasteiger partial charge is 0.393 e. The van der Waals surface area contributed by atoms with Gasteiger partial charge in [0.15, 0.2) is 6.29 Å². The van der Waals surface area contributed by atoms with Crippen molar-refractivity contribution in [3.8, 4) is 0 Å². The lowest BCUT2D eigenvalue weighted by molar-refractivity contribution is 0.111. The van der Waals surface area contributed by atoms with Gasteiger partial charge in [0.1, 0.15) is 0 Å². The van der Waals surface area contributed by atoms with Crippen LogP contribution in [0.1, 0.15) is 28.2 Å². The fourth-order valence-corrected chi connectivity index (χ4v) is 2.61. The first-order valence-corrected chi connectivity index (χ1v) is 7.29. The average molecular weight is 279 g/mol. The molecule has 1 aromatic rings. The molecule has 0 saturated carbocycles. The van der Waals surface area contributed by atoms with Crippen molar-refractivity contribution >= 4 is 6.29 Å². The molecule has 0 bridgehead atoms. The highest BCUT2D eigenvalue weighted by atomic mass is 16.3. The van der Waals surface area contributed by atoms with Crippen molar-refractivity contribution in [2.45, 2.75) is 25.4 Å². The molecule has 1 atom stereocenters. The molecule has 1 saturated heterocycles. The van der Waals surface area contributed by atoms with E-state index in [9.17, 15) is 9.90 Å². The monoisotopic (exact) mass is 279 g/mol. The predicted octanol–water partition coefficient (Wildman–Crippen LogP) is 0.540. The summed E-state index contributed by atoms with van der Waals surface area (Å²) in [4.78, 5) is 18.2. The maximum absolute atomic E-state index is 10.4. The highest BCUT2D eigenvalue weighted by molar-refractivity contribution is 5.72. The Morgan fingerprint density at radius 1 is 1.25 bits per heavy atom. The second-order valence-electron chi connectivity index (χ2n) is 5.85. The second-order valence-corrected chi connectivity index (χ2v) is 5.85. The van der Waals surface area contributed by atoms with Gasteiger partial charge in [0, 0.05) is 38.3 Å². The summed E-state index contributed by atoms with van der Waals surface area (Å²) in [6.45, 7) is 4.93. The third kappa shape index (κ3) is 4.16. The van der Waals surface area contributed by atoms with Gasteiger partial charge in [-0.3, -0.25) is 4.79 Å². The summed E-state index contributed by atoms with van der Waals surface area (Å²) in [6.07, 6.45) is 2.91. The molecule has 1 fully saturated rings. The van der Waals surface area contributed by atoms with Crippen LogP contribution < -0.4 is 0 Å². The van der Waals surface area contributed by atoms with Crippen LogP contribution in [0, 0.1) is 0 Å². The first-order valence-electron chi connectivity index (χ1n) is 7.29. The van der Waals surface area contributed by atoms with Crippen LogP contribution in [-0.2, 0) is 12.8 Å². The molecule has 2 N–H and O–H groups in total. The number of nitrogens with one attached hydrogen (secondary N) is 1. The number of piperazine rings is 1. The SMILES string of the molecule is CN1CCN(C)CC1.O=Cc1cc2c([nH]1)CCC(O)C2. The smallest absolute Gasteiger partial charge is 0.166 e. The summed E-state index contributed by atoms with van der Waals surface area (Å²) in [5, 5.41) is 9.34. The van der Waals surface area contributed by atoms with Crippen LogP contribution in [0.4, 0.5) is 0 Å². The van der Waals surface area contributed by atoms with Gasteiger partial charge in [-0.25, -0.2) is 0 Å². The Labute approximate surface area is 120 Å². The van der Waals surface area contributed by atoms with Gasteiger partial charge in [-0.2, -0.15) is 0 Å². The number of fused-ring (bicyclic) bond motifs is 1. The zero-order valence-electron chi connectivity index (χ0n) is 12.4. The molecule has 0 amide bonds. The number of carbonyl (C=O) groups excluding carboxylic acids is 1. The van der Waals surface area contributed by atoms with Crippen LogP contribution >= 0.6 is 0 Å². The maximum Gasteiger partial charge on any atom is 0.166 e. The number of hydrogen-bond acceptors (Lipinski definition) is 4. The number of hydrogen-bond donors (Lipinski definition) is 2. The average Bonchev–Trinajstić information content (AvgIpc) is 2.85. The summed E-state index contributed by atoms with van der Waals surface area (Å²) in [6, 6.07) is 1.82. The number of aliphatic hydroxyl groups excluding tert-OH is 1. The van der Waals surface area contributed by atoms with E-state index in [0.29, 0.717) is 12.1 Å². The van der Waals surface area contributed by atoms with E-state index in [-0.39, 0.29) is 6.10 Å². The summed E-state index contributed by atoms with van der Waals surface area (Å²) in [5.74, 6) is 0. The van der Waals surface area contributed by atoms with E-state index >= 15 is 0 Å². The standard InChI is InChI=1S/C9H11NO2.C6H14N2/c11-5-7-3-6-4-8(12)1-2-9(6)10-7;1-7-3-5-8(2)6-4-7/h3,5,8,10,12H,1-2,4H2;3-6H2,1-2H3. The second kappa shape index (κ2) is 7.02. The van der Waals surface area contributed by atoms with E-state index in [2.05, 4.69) is 28.9 Å². The molecule has 112 valence electrons. The first kappa shape index (κ1) is 15.2. The summed E-state index contributed by atoms with van der Waals surface area (Å²) >= 11 is 0. The lowest BCUT2D eigenvalue weighted by atomic mass is 9.96. The fourth-order valence-electron chi connectivity index (χ4n) is 2.61. The highest BCUT2D eigenvalue weighted by Crippen LogP contribution is 2.21. The zero-order valence-corrected chi connectivity index (χ0v) is 12.4. The molecular formula is C15H25N3O2. The Bertz CT molecular complexity index is 426. The van der Waals surface area contributed by atoms with Gasteiger partial charge < -0.3 is 19.9 Å². The van der Waals surface area contributed by atoms with Crippen LogP contribution in [0.2, 0.25) is 0 Å². The van der Waals surface area contributed by atoms with Crippen molar-refractivity contribution in [3.63, 3.8) is 0 Å². The molecule has 20 heavy (non-hydrogen) atoms. The molecule has 2 aliphatic rings. The normalized spacial score (nSPS) is 23.6. The number of rotatable bonds is 1. The molecule has 5 heteroatoms. The van der Waals surface area contributed by atoms with E-state index in [0.717, 1.165) is 30.4 Å². The quantitative estimate of drug-likeness (QED) is 0.737. The third-order valence-corrected chi connectivity index (χ3v) is 4.05. The van der Waals surface area contributed by atoms with Gasteiger partial charge in [0.05, 0.1) is 11.8 Å². The van der Waals surface area contributed by atoms with Crippen molar-refractivity contribution in [3.05, 3.63) is 23.0 Å². The number of H-pyrrole nitrogens is 1. The fraction of sp³-hybridized carbons (Fsp3) is 0.667. The topological polar surface area (TPSA) is 59.6 Å². The molecule has 3 rings (SSSR count). The Morgan fingerprint density at radius 2 is 1.85 bits per heavy atom. The van der Waals surface area contributed by atoms with E-state index in [1.807, 2.05) is 6.07 Å². The van der Waals surface area contributed by atoms with Crippen molar-refractivity contribution in [1.82, 2.24) is 14.8 Å². The number of aromatic amines is 1. The third-order valence-electron chi connectivity index (χ3n) is 4.05. The van der Waals surface area contributed by atoms with Crippen molar-refractivity contribution < 1.29 is 9.90 Å². The van der Waals surface area contributed by atoms with E-state index in [1.54, 1.807) is 0 Å². The van der Waals surface area contributed by atoms with E-state index in [4.69, 9.17) is 0 Å². The summed E-state index contributed by atoms with van der Waals surface area (Å²) < 4.78 is 0. The number of aliphatic hydroxyl groups is 1. The summed E-state index contributed by atoms with van der Waals surface area (Å²) in [5.41, 5.74) is 2.83. The van der Waals surface area contributed by atoms with Crippen molar-refractivity contribution in [2.75, 3.05) is 40.3 Å².